The third kappa shape index (κ3) is 24.6. The molecule has 2 aliphatic rings. The van der Waals surface area contributed by atoms with E-state index in [9.17, 15) is 62.2 Å². The molecule has 0 radical (unpaired) electrons. The Kier molecular flexibility index (Phi) is 28.4. The zero-order valence-corrected chi connectivity index (χ0v) is 46.1. The fourth-order valence-electron chi connectivity index (χ4n) is 7.49. The third-order valence-electron chi connectivity index (χ3n) is 11.5. The number of unbranched alkanes of at least 4 members (excludes halogenated alkanes) is 1. The molecule has 2 fully saturated rings. The molecule has 0 aliphatic carbocycles. The van der Waals surface area contributed by atoms with E-state index in [-0.39, 0.29) is 87.1 Å². The fraction of sp³-hybridized carbons (Fsp3) is 0.490. The summed E-state index contributed by atoms with van der Waals surface area (Å²) in [4.78, 5) is 155. The average molecular weight is 1180 g/mol. The van der Waals surface area contributed by atoms with Crippen molar-refractivity contribution in [3.05, 3.63) is 71.5 Å². The van der Waals surface area contributed by atoms with Crippen LogP contribution in [0.25, 0.3) is 0 Å². The van der Waals surface area contributed by atoms with Crippen LogP contribution in [0.4, 0.5) is 4.39 Å². The van der Waals surface area contributed by atoms with E-state index in [2.05, 4.69) is 63.6 Å². The van der Waals surface area contributed by atoms with Crippen LogP contribution in [-0.4, -0.2) is 180 Å². The van der Waals surface area contributed by atoms with Crippen molar-refractivity contribution in [1.82, 2.24) is 58.5 Å². The van der Waals surface area contributed by atoms with Gasteiger partial charge in [-0.15, -0.1) is 11.8 Å². The van der Waals surface area contributed by atoms with Gasteiger partial charge in [-0.05, 0) is 62.3 Å². The average Bonchev–Trinajstić information content (AvgIpc) is 3.42. The van der Waals surface area contributed by atoms with Crippen molar-refractivity contribution >= 4 is 111 Å². The Morgan fingerprint density at radius 1 is 0.713 bits per heavy atom. The topological polar surface area (TPSA) is 412 Å². The maximum Gasteiger partial charge on any atom is 0.305 e. The highest BCUT2D eigenvalue weighted by Gasteiger charge is 2.35. The molecule has 0 saturated carbocycles. The number of fused-ring (bicyclic) bond motifs is 5. The van der Waals surface area contributed by atoms with E-state index in [1.54, 1.807) is 37.3 Å². The smallest absolute Gasteiger partial charge is 0.305 e. The van der Waals surface area contributed by atoms with Crippen LogP contribution in [0.2, 0.25) is 0 Å². The van der Waals surface area contributed by atoms with E-state index in [1.165, 1.54) is 30.5 Å². The number of likely N-dealkylation sites (N-methyl/N-ethyl adjacent to an activating group) is 1. The van der Waals surface area contributed by atoms with Crippen molar-refractivity contribution in [1.29, 1.82) is 5.41 Å². The van der Waals surface area contributed by atoms with Gasteiger partial charge >= 0.3 is 5.97 Å². The van der Waals surface area contributed by atoms with E-state index in [0.717, 1.165) is 33.3 Å². The molecule has 2 aromatic carbocycles. The number of nitrogens with one attached hydrogen (secondary N) is 12. The first-order chi connectivity index (χ1) is 38.3. The van der Waals surface area contributed by atoms with Crippen LogP contribution in [0.1, 0.15) is 56.6 Å². The van der Waals surface area contributed by atoms with E-state index < -0.39 is 133 Å². The van der Waals surface area contributed by atoms with Crippen LogP contribution in [0, 0.1) is 11.2 Å². The lowest BCUT2D eigenvalue weighted by molar-refractivity contribution is -0.141. The van der Waals surface area contributed by atoms with Gasteiger partial charge in [0.15, 0.2) is 12.6 Å². The first kappa shape index (κ1) is 64.9. The molecule has 0 unspecified atom stereocenters. The third-order valence-corrected chi connectivity index (χ3v) is 15.0. The largest absolute Gasteiger partial charge is 0.481 e. The SMILES string of the molecule is CCNC(=O)[C@@H]1CSCC(=O)N[C@@H](CCCCNC(=O)CO/N=C/c2ccc(F)cc2)C(=O)N[C@H]2CSSC[C@H](NC(=O)[C@H](CC(=O)O)NC(=O)CNC(=O)[C@H](CCCNC(=N)N)NC2=O)C(=O)N[C@@H](Cc2ccccc2)C(=O)N1. The Morgan fingerprint density at radius 3 is 1.96 bits per heavy atom. The monoisotopic (exact) mass is 1170 g/mol. The number of nitrogens with two attached hydrogens (primary N) is 1. The number of carboxylic acids is 1. The van der Waals surface area contributed by atoms with Gasteiger partial charge in [-0.2, -0.15) is 0 Å². The number of carboxylic acid groups (broad SMARTS) is 1. The summed E-state index contributed by atoms with van der Waals surface area (Å²) in [6, 6.07) is 3.69. The molecule has 10 amide bonds. The minimum absolute atomic E-state index is 0.0389. The number of hydrogen-bond donors (Lipinski definition) is 14. The van der Waals surface area contributed by atoms with Gasteiger partial charge < -0.3 is 74.2 Å². The van der Waals surface area contributed by atoms with E-state index in [0.29, 0.717) is 11.1 Å². The zero-order chi connectivity index (χ0) is 58.4. The number of rotatable bonds is 19. The van der Waals surface area contributed by atoms with Crippen molar-refractivity contribution in [3.63, 3.8) is 0 Å². The summed E-state index contributed by atoms with van der Waals surface area (Å²) in [5.74, 6) is -11.8. The summed E-state index contributed by atoms with van der Waals surface area (Å²) in [6.07, 6.45) is 0.712. The Bertz CT molecular complexity index is 2520. The van der Waals surface area contributed by atoms with Crippen LogP contribution < -0.4 is 64.2 Å². The van der Waals surface area contributed by atoms with Crippen molar-refractivity contribution in [3.8, 4) is 0 Å². The van der Waals surface area contributed by atoms with Gasteiger partial charge in [0.05, 0.1) is 24.9 Å². The standard InChI is InChI=1S/C49H67FN14O13S3/c1-2-53-43(71)35-24-78-27-40(67)58-32(11-6-7-17-54-39(66)23-77-57-21-29-13-15-30(50)16-14-29)44(72)63-36-25-79-80-26-37(48(76)61-33(45(73)62-35)19-28-9-4-3-5-10-28)64-46(74)34(20-41(68)69)59-38(65)22-56-42(70)31(60-47(36)75)12-8-18-55-49(51)52/h3-5,9-10,13-16,21,31-37H,2,6-8,11-12,17-20,22-27H2,1H3,(H,53,71)(H,54,66)(H,56,70)(H,58,67)(H,59,65)(H,60,75)(H,61,76)(H,62,73)(H,63,72)(H,64,74)(H,68,69)(H4,51,52,55)/b57-21+/t31-,32-,33-,34-,35-,36-,37-/m0/s1. The second-order valence-corrected chi connectivity index (χ2v) is 21.5. The Hall–Kier alpha value is -7.67. The molecule has 0 spiro atoms. The highest BCUT2D eigenvalue weighted by molar-refractivity contribution is 8.76. The molecule has 2 aliphatic heterocycles. The van der Waals surface area contributed by atoms with Crippen molar-refractivity contribution in [2.45, 2.75) is 94.2 Å². The summed E-state index contributed by atoms with van der Waals surface area (Å²) in [7, 11) is 1.85. The number of halogens is 1. The van der Waals surface area contributed by atoms with Gasteiger partial charge in [-0.25, -0.2) is 4.39 Å². The van der Waals surface area contributed by atoms with E-state index >= 15 is 0 Å². The van der Waals surface area contributed by atoms with Crippen LogP contribution >= 0.6 is 33.3 Å². The van der Waals surface area contributed by atoms with Gasteiger partial charge in [0.1, 0.15) is 48.1 Å². The van der Waals surface area contributed by atoms with Crippen molar-refractivity contribution < 1.29 is 67.1 Å². The number of aliphatic carboxylic acids is 1. The quantitative estimate of drug-likeness (QED) is 0.0223. The number of guanidine groups is 1. The molecule has 2 aromatic rings. The van der Waals surface area contributed by atoms with Crippen LogP contribution in [0.5, 0.6) is 0 Å². The van der Waals surface area contributed by atoms with E-state index in [1.807, 2.05) is 0 Å². The van der Waals surface area contributed by atoms with Crippen LogP contribution in [0.15, 0.2) is 59.8 Å². The van der Waals surface area contributed by atoms with Crippen LogP contribution in [0.3, 0.4) is 0 Å². The summed E-state index contributed by atoms with van der Waals surface area (Å²) in [5.41, 5.74) is 6.53. The minimum Gasteiger partial charge on any atom is -0.481 e. The Balaban J connectivity index is 1.69. The number of carbonyl (C=O) groups excluding carboxylic acids is 10. The minimum atomic E-state index is -1.79. The molecule has 2 bridgehead atoms. The number of amides is 10. The molecule has 7 atom stereocenters. The van der Waals surface area contributed by atoms with Crippen molar-refractivity contribution in [2.75, 3.05) is 55.8 Å². The molecular formula is C49H67FN14O13S3. The summed E-state index contributed by atoms with van der Waals surface area (Å²) < 4.78 is 13.2. The molecule has 0 aromatic heterocycles. The maximum absolute atomic E-state index is 14.4. The highest BCUT2D eigenvalue weighted by Crippen LogP contribution is 2.24. The number of thioether (sulfide) groups is 1. The predicted molar refractivity (Wildman–Crippen MR) is 296 cm³/mol. The molecule has 31 heteroatoms. The summed E-state index contributed by atoms with van der Waals surface area (Å²) in [6.45, 7) is 0.724. The molecule has 4 rings (SSSR count). The molecule has 80 heavy (non-hydrogen) atoms. The number of nitrogens with zero attached hydrogens (tertiary/aromatic N) is 1. The Labute approximate surface area is 472 Å². The lowest BCUT2D eigenvalue weighted by Crippen LogP contribution is -2.60. The molecule has 436 valence electrons. The van der Waals surface area contributed by atoms with Gasteiger partial charge in [0.2, 0.25) is 53.2 Å². The number of benzene rings is 2. The first-order valence-corrected chi connectivity index (χ1v) is 28.9. The second kappa shape index (κ2) is 35.1. The summed E-state index contributed by atoms with van der Waals surface area (Å²) >= 11 is 0.933. The second-order valence-electron chi connectivity index (χ2n) is 17.9. The fourth-order valence-corrected chi connectivity index (χ4v) is 10.7. The van der Waals surface area contributed by atoms with Gasteiger partial charge in [-0.3, -0.25) is 58.1 Å². The molecule has 27 nitrogen and oxygen atoms in total. The molecule has 2 heterocycles. The van der Waals surface area contributed by atoms with E-state index in [4.69, 9.17) is 16.0 Å². The molecular weight excluding hydrogens is 1110 g/mol. The predicted octanol–water partition coefficient (Wildman–Crippen LogP) is -2.77. The maximum atomic E-state index is 14.4. The summed E-state index contributed by atoms with van der Waals surface area (Å²) in [5, 5.41) is 49.2. The Morgan fingerprint density at radius 2 is 1.31 bits per heavy atom. The van der Waals surface area contributed by atoms with Gasteiger partial charge in [0.25, 0.3) is 5.91 Å². The zero-order valence-electron chi connectivity index (χ0n) is 43.6. The molecule has 2 saturated heterocycles. The molecule has 15 N–H and O–H groups in total. The lowest BCUT2D eigenvalue weighted by atomic mass is 10.0. The lowest BCUT2D eigenvalue weighted by Gasteiger charge is -2.27. The number of oxime groups is 1. The van der Waals surface area contributed by atoms with Gasteiger partial charge in [-0.1, -0.05) is 69.2 Å². The number of carbonyl (C=O) groups is 11. The van der Waals surface area contributed by atoms with Crippen LogP contribution in [-0.2, 0) is 64.0 Å². The van der Waals surface area contributed by atoms with Gasteiger partial charge in [0, 0.05) is 43.3 Å². The highest BCUT2D eigenvalue weighted by atomic mass is 33.1. The first-order valence-electron chi connectivity index (χ1n) is 25.3. The normalized spacial score (nSPS) is 22.4. The van der Waals surface area contributed by atoms with Crippen molar-refractivity contribution in [2.24, 2.45) is 10.9 Å². The number of hydrogen-bond acceptors (Lipinski definition) is 17.